The normalized spacial score (nSPS) is 9.30. The predicted octanol–water partition coefficient (Wildman–Crippen LogP) is -0.0959. The van der Waals surface area contributed by atoms with Gasteiger partial charge in [0.15, 0.2) is 6.10 Å². The second-order valence-corrected chi connectivity index (χ2v) is 9.52. The van der Waals surface area contributed by atoms with Gasteiger partial charge in [-0.15, -0.1) is 0 Å². The van der Waals surface area contributed by atoms with Crippen LogP contribution in [0.25, 0.3) is 0 Å². The van der Waals surface area contributed by atoms with Crippen LogP contribution in [-0.2, 0) is 28.2 Å². The summed E-state index contributed by atoms with van der Waals surface area (Å²) >= 11 is 0. The first kappa shape index (κ1) is 48.3. The molecule has 0 bridgehead atoms. The molecule has 0 aliphatic carbocycles. The van der Waals surface area contributed by atoms with E-state index in [1.807, 2.05) is 0 Å². The summed E-state index contributed by atoms with van der Waals surface area (Å²) in [5.41, 5.74) is 0. The van der Waals surface area contributed by atoms with Gasteiger partial charge in [-0.1, -0.05) is 77.1 Å². The Balaban J connectivity index is -0.0000000836. The molecule has 3 N–H and O–H groups in total. The first-order valence-electron chi connectivity index (χ1n) is 13.2. The SMILES string of the molecule is CC#CC#CC#CC#CC#CC#CC(=O)OC[C@@H](COP(=O)([O-])[O-])OC(=O)CCCCCCCCCCCCC.N.[HH].[HH].[HH].[HH].[HH].[HH].[HH].[HH].[HH].[HH].[HH].[Na+].[Na+]. The molecular formula is C31H60NNa2O8P. The van der Waals surface area contributed by atoms with Crippen molar-refractivity contribution in [1.82, 2.24) is 6.15 Å². The molecule has 0 aliphatic rings. The zero-order valence-electron chi connectivity index (χ0n) is 25.9. The fraction of sp³-hybridized carbons (Fsp3) is 0.548. The topological polar surface area (TPSA) is 160 Å². The average Bonchev–Trinajstić information content (AvgIpc) is 2.91. The van der Waals surface area contributed by atoms with Crippen molar-refractivity contribution in [1.29, 1.82) is 0 Å². The number of carbonyl (C=O) groups excluding carboxylic acids is 2. The van der Waals surface area contributed by atoms with Gasteiger partial charge in [-0.25, -0.2) is 4.79 Å². The van der Waals surface area contributed by atoms with Crippen LogP contribution in [0.2, 0.25) is 0 Å². The minimum absolute atomic E-state index is 0. The second-order valence-electron chi connectivity index (χ2n) is 8.36. The molecule has 0 aromatic carbocycles. The quantitative estimate of drug-likeness (QED) is 0.0534. The van der Waals surface area contributed by atoms with Gasteiger partial charge in [0, 0.05) is 28.0 Å². The number of phosphoric ester groups is 1. The summed E-state index contributed by atoms with van der Waals surface area (Å²) in [7, 11) is -5.31. The van der Waals surface area contributed by atoms with E-state index < -0.39 is 39.1 Å². The maximum atomic E-state index is 12.1. The summed E-state index contributed by atoms with van der Waals surface area (Å²) in [5.74, 6) is 27.1. The van der Waals surface area contributed by atoms with Crippen molar-refractivity contribution in [2.24, 2.45) is 0 Å². The Hall–Kier alpha value is -1.63. The summed E-state index contributed by atoms with van der Waals surface area (Å²) in [6, 6.07) is 0. The van der Waals surface area contributed by atoms with Crippen LogP contribution in [0.5, 0.6) is 0 Å². The number of ether oxygens (including phenoxy) is 2. The van der Waals surface area contributed by atoms with Crippen LogP contribution in [-0.4, -0.2) is 31.3 Å². The van der Waals surface area contributed by atoms with Crippen LogP contribution in [0, 0.1) is 71.0 Å². The maximum absolute atomic E-state index is 12.1. The minimum atomic E-state index is -5.31. The van der Waals surface area contributed by atoms with E-state index in [4.69, 9.17) is 9.47 Å². The molecule has 9 nitrogen and oxygen atoms in total. The summed E-state index contributed by atoms with van der Waals surface area (Å²) in [6.45, 7) is 2.52. The number of esters is 2. The molecular weight excluding hydrogens is 591 g/mol. The first-order chi connectivity index (χ1) is 19.3. The molecule has 0 aromatic rings. The van der Waals surface area contributed by atoms with Gasteiger partial charge in [0.2, 0.25) is 0 Å². The monoisotopic (exact) mass is 651 g/mol. The van der Waals surface area contributed by atoms with Crippen LogP contribution in [0.4, 0.5) is 0 Å². The Bertz CT molecular complexity index is 1250. The van der Waals surface area contributed by atoms with Crippen molar-refractivity contribution in [2.45, 2.75) is 97.0 Å². The van der Waals surface area contributed by atoms with E-state index in [9.17, 15) is 23.9 Å². The molecule has 0 saturated carbocycles. The summed E-state index contributed by atoms with van der Waals surface area (Å²) in [6.07, 6.45) is 11.2. The Labute approximate surface area is 318 Å². The standard InChI is InChI=1S/C31H37O8P.H3N.2Na.11H2/c1-3-5-7-9-11-13-15-17-19-21-23-25-30(32)37-27-29(28-38-40(34,35)36)39-31(33)26-24-22-20-18-16-14-12-10-8-6-4-2;;;;;;;;;;;;;;/h29H,4,6,8,10,12,14,16,18,20,22,24,26-28H2,1-2H3,(H2,34,35,36);1H3;;;11*1H/q;;2*+1;;;;;;;;;;;/p-2/t29-;;;;;;;;;;;;;;/m0............../s1. The van der Waals surface area contributed by atoms with E-state index in [2.05, 4.69) is 82.5 Å². The minimum Gasteiger partial charge on any atom is -0.790 e. The van der Waals surface area contributed by atoms with Crippen molar-refractivity contribution >= 4 is 19.8 Å². The maximum Gasteiger partial charge on any atom is 1.00 e. The van der Waals surface area contributed by atoms with Crippen molar-refractivity contribution in [3.05, 3.63) is 0 Å². The van der Waals surface area contributed by atoms with Gasteiger partial charge in [0.05, 0.1) is 14.4 Å². The number of unbranched alkanes of at least 4 members (excludes halogenated alkanes) is 10. The number of hydrogen-bond acceptors (Lipinski definition) is 9. The number of carbonyl (C=O) groups is 2. The molecule has 0 radical (unpaired) electrons. The van der Waals surface area contributed by atoms with Crippen molar-refractivity contribution in [3.8, 4) is 71.0 Å². The summed E-state index contributed by atoms with van der Waals surface area (Å²) in [5, 5.41) is 0. The zero-order valence-corrected chi connectivity index (χ0v) is 30.8. The van der Waals surface area contributed by atoms with Gasteiger partial charge in [-0.3, -0.25) is 4.79 Å². The molecule has 43 heavy (non-hydrogen) atoms. The first-order valence-corrected chi connectivity index (χ1v) is 14.7. The predicted molar refractivity (Wildman–Crippen MR) is 176 cm³/mol. The fourth-order valence-electron chi connectivity index (χ4n) is 3.07. The van der Waals surface area contributed by atoms with E-state index in [1.165, 1.54) is 44.9 Å². The van der Waals surface area contributed by atoms with E-state index >= 15 is 0 Å². The third kappa shape index (κ3) is 38.3. The van der Waals surface area contributed by atoms with Gasteiger partial charge in [-0.2, -0.15) is 0 Å². The van der Waals surface area contributed by atoms with E-state index in [-0.39, 0.29) is 87.4 Å². The number of hydrogen-bond donors (Lipinski definition) is 1. The molecule has 244 valence electrons. The molecule has 0 fully saturated rings. The third-order valence-corrected chi connectivity index (χ3v) is 5.42. The molecule has 0 aliphatic heterocycles. The average molecular weight is 652 g/mol. The van der Waals surface area contributed by atoms with Gasteiger partial charge in [0.1, 0.15) is 6.61 Å². The third-order valence-electron chi connectivity index (χ3n) is 4.95. The molecule has 1 atom stereocenters. The van der Waals surface area contributed by atoms with Crippen molar-refractivity contribution in [3.63, 3.8) is 0 Å². The van der Waals surface area contributed by atoms with Gasteiger partial charge < -0.3 is 34.5 Å². The van der Waals surface area contributed by atoms with Gasteiger partial charge in [0.25, 0.3) is 0 Å². The van der Waals surface area contributed by atoms with Crippen LogP contribution >= 0.6 is 7.82 Å². The Morgan fingerprint density at radius 3 is 1.63 bits per heavy atom. The van der Waals surface area contributed by atoms with E-state index in [0.717, 1.165) is 19.3 Å². The molecule has 0 rings (SSSR count). The molecule has 0 spiro atoms. The van der Waals surface area contributed by atoms with Crippen LogP contribution in [0.15, 0.2) is 0 Å². The largest absolute Gasteiger partial charge is 1.00 e. The van der Waals surface area contributed by atoms with Crippen molar-refractivity contribution < 1.29 is 113 Å². The number of phosphoric acid groups is 1. The molecule has 0 unspecified atom stereocenters. The summed E-state index contributed by atoms with van der Waals surface area (Å²) in [4.78, 5) is 45.5. The van der Waals surface area contributed by atoms with E-state index in [0.29, 0.717) is 6.42 Å². The Morgan fingerprint density at radius 1 is 0.721 bits per heavy atom. The second kappa shape index (κ2) is 34.9. The van der Waals surface area contributed by atoms with Gasteiger partial charge in [-0.05, 0) is 72.5 Å². The van der Waals surface area contributed by atoms with Crippen LogP contribution in [0.1, 0.15) is 107 Å². The molecule has 12 heteroatoms. The molecule has 0 heterocycles. The summed E-state index contributed by atoms with van der Waals surface area (Å²) < 4.78 is 25.0. The van der Waals surface area contributed by atoms with Crippen molar-refractivity contribution in [2.75, 3.05) is 13.2 Å². The van der Waals surface area contributed by atoms with Crippen LogP contribution in [0.3, 0.4) is 0 Å². The Kier molecular flexibility index (Phi) is 39.1. The molecule has 0 saturated heterocycles. The van der Waals surface area contributed by atoms with Crippen LogP contribution < -0.4 is 75.1 Å². The fourth-order valence-corrected chi connectivity index (χ4v) is 3.42. The molecule has 0 amide bonds. The Morgan fingerprint density at radius 2 is 1.16 bits per heavy atom. The smallest absolute Gasteiger partial charge is 0.790 e. The number of rotatable bonds is 18. The van der Waals surface area contributed by atoms with Gasteiger partial charge >= 0.3 is 71.1 Å². The molecule has 0 aromatic heterocycles. The zero-order chi connectivity index (χ0) is 29.7. The van der Waals surface area contributed by atoms with E-state index in [1.54, 1.807) is 6.92 Å².